The van der Waals surface area contributed by atoms with E-state index < -0.39 is 5.97 Å². The summed E-state index contributed by atoms with van der Waals surface area (Å²) >= 11 is 1.29. The Kier molecular flexibility index (Phi) is 6.79. The zero-order chi connectivity index (χ0) is 19.1. The molecule has 0 atom stereocenters. The number of benzene rings is 1. The van der Waals surface area contributed by atoms with Crippen LogP contribution in [0.2, 0.25) is 0 Å². The Morgan fingerprint density at radius 1 is 1.27 bits per heavy atom. The molecule has 1 heterocycles. The van der Waals surface area contributed by atoms with Crippen LogP contribution in [0.1, 0.15) is 10.4 Å². The third-order valence-corrected chi connectivity index (χ3v) is 4.41. The number of thioether (sulfide) groups is 1. The van der Waals surface area contributed by atoms with Crippen molar-refractivity contribution in [1.82, 2.24) is 14.5 Å². The fraction of sp³-hybridized carbons (Fsp3) is 0.294. The number of hydrogen-bond acceptors (Lipinski definition) is 6. The number of carbonyl (C=O) groups excluding carboxylic acids is 3. The molecule has 0 unspecified atom stereocenters. The van der Waals surface area contributed by atoms with Gasteiger partial charge in [-0.1, -0.05) is 23.9 Å². The summed E-state index contributed by atoms with van der Waals surface area (Å²) in [6.45, 7) is -0.358. The number of aryl methyl sites for hydroxylation is 1. The average Bonchev–Trinajstić information content (AvgIpc) is 3.03. The van der Waals surface area contributed by atoms with Gasteiger partial charge in [-0.3, -0.25) is 9.59 Å². The van der Waals surface area contributed by atoms with Gasteiger partial charge in [0.25, 0.3) is 5.91 Å². The van der Waals surface area contributed by atoms with Gasteiger partial charge in [-0.25, -0.2) is 9.78 Å². The minimum Gasteiger partial charge on any atom is -0.452 e. The highest BCUT2D eigenvalue weighted by molar-refractivity contribution is 7.99. The molecule has 0 bridgehead atoms. The monoisotopic (exact) mass is 376 g/mol. The molecular formula is C17H20N4O4S. The second kappa shape index (κ2) is 9.04. The topological polar surface area (TPSA) is 93.5 Å². The quantitative estimate of drug-likeness (QED) is 0.580. The Labute approximate surface area is 155 Å². The summed E-state index contributed by atoms with van der Waals surface area (Å²) in [6.07, 6.45) is 3.45. The molecule has 0 saturated heterocycles. The molecule has 0 radical (unpaired) electrons. The summed E-state index contributed by atoms with van der Waals surface area (Å²) in [6, 6.07) is 6.49. The Morgan fingerprint density at radius 3 is 2.65 bits per heavy atom. The highest BCUT2D eigenvalue weighted by atomic mass is 32.2. The molecule has 26 heavy (non-hydrogen) atoms. The van der Waals surface area contributed by atoms with Crippen LogP contribution in [0.15, 0.2) is 41.8 Å². The number of anilines is 1. The van der Waals surface area contributed by atoms with E-state index in [1.807, 2.05) is 11.6 Å². The molecule has 0 saturated carbocycles. The average molecular weight is 376 g/mol. The Balaban J connectivity index is 1.97. The SMILES string of the molecule is CN(C)C(=O)COC(=O)c1ccccc1NC(=O)CSc1nccn1C. The largest absolute Gasteiger partial charge is 0.452 e. The van der Waals surface area contributed by atoms with E-state index in [0.29, 0.717) is 5.69 Å². The normalized spacial score (nSPS) is 10.3. The number of carbonyl (C=O) groups is 3. The summed E-state index contributed by atoms with van der Waals surface area (Å²) < 4.78 is 6.82. The van der Waals surface area contributed by atoms with E-state index in [0.717, 1.165) is 5.16 Å². The zero-order valence-corrected chi connectivity index (χ0v) is 15.6. The Hall–Kier alpha value is -2.81. The molecule has 9 heteroatoms. The first-order valence-corrected chi connectivity index (χ1v) is 8.73. The minimum absolute atomic E-state index is 0.146. The van der Waals surface area contributed by atoms with Gasteiger partial charge >= 0.3 is 5.97 Å². The van der Waals surface area contributed by atoms with Crippen molar-refractivity contribution >= 4 is 35.2 Å². The van der Waals surface area contributed by atoms with Crippen molar-refractivity contribution in [3.63, 3.8) is 0 Å². The van der Waals surface area contributed by atoms with E-state index in [2.05, 4.69) is 10.3 Å². The Bertz CT molecular complexity index is 804. The van der Waals surface area contributed by atoms with Crippen LogP contribution in [0.3, 0.4) is 0 Å². The van der Waals surface area contributed by atoms with Crippen LogP contribution in [-0.2, 0) is 21.4 Å². The smallest absolute Gasteiger partial charge is 0.340 e. The van der Waals surface area contributed by atoms with Gasteiger partial charge in [-0.2, -0.15) is 0 Å². The highest BCUT2D eigenvalue weighted by Gasteiger charge is 2.16. The molecule has 0 aliphatic carbocycles. The van der Waals surface area contributed by atoms with E-state index in [9.17, 15) is 14.4 Å². The zero-order valence-electron chi connectivity index (χ0n) is 14.8. The lowest BCUT2D eigenvalue weighted by molar-refractivity contribution is -0.132. The number of rotatable bonds is 7. The molecule has 1 aromatic carbocycles. The van der Waals surface area contributed by atoms with Crippen molar-refractivity contribution in [2.45, 2.75) is 5.16 Å². The van der Waals surface area contributed by atoms with Crippen LogP contribution in [0.25, 0.3) is 0 Å². The van der Waals surface area contributed by atoms with Gasteiger partial charge in [0.1, 0.15) is 0 Å². The van der Waals surface area contributed by atoms with Crippen LogP contribution in [-0.4, -0.2) is 58.7 Å². The summed E-state index contributed by atoms with van der Waals surface area (Å²) in [5.41, 5.74) is 0.523. The van der Waals surface area contributed by atoms with Gasteiger partial charge in [0.15, 0.2) is 11.8 Å². The second-order valence-corrected chi connectivity index (χ2v) is 6.51. The first kappa shape index (κ1) is 19.5. The maximum Gasteiger partial charge on any atom is 0.340 e. The maximum absolute atomic E-state index is 12.2. The van der Waals surface area contributed by atoms with E-state index in [-0.39, 0.29) is 29.7 Å². The van der Waals surface area contributed by atoms with Crippen LogP contribution < -0.4 is 5.32 Å². The van der Waals surface area contributed by atoms with Crippen LogP contribution in [0, 0.1) is 0 Å². The molecule has 0 aliphatic heterocycles. The fourth-order valence-electron chi connectivity index (χ4n) is 1.91. The summed E-state index contributed by atoms with van der Waals surface area (Å²) in [4.78, 5) is 41.4. The number of nitrogens with one attached hydrogen (secondary N) is 1. The molecule has 0 spiro atoms. The van der Waals surface area contributed by atoms with E-state index in [1.165, 1.54) is 22.7 Å². The van der Waals surface area contributed by atoms with Gasteiger partial charge in [0.2, 0.25) is 5.91 Å². The van der Waals surface area contributed by atoms with E-state index in [4.69, 9.17) is 4.74 Å². The predicted molar refractivity (Wildman–Crippen MR) is 98.0 cm³/mol. The molecule has 0 fully saturated rings. The van der Waals surface area contributed by atoms with Crippen molar-refractivity contribution < 1.29 is 19.1 Å². The van der Waals surface area contributed by atoms with Crippen LogP contribution in [0.5, 0.6) is 0 Å². The number of hydrogen-bond donors (Lipinski definition) is 1. The molecule has 2 rings (SSSR count). The molecule has 2 aromatic rings. The molecular weight excluding hydrogens is 356 g/mol. The van der Waals surface area contributed by atoms with Crippen molar-refractivity contribution in [2.24, 2.45) is 7.05 Å². The molecule has 0 aliphatic rings. The first-order chi connectivity index (χ1) is 12.4. The van der Waals surface area contributed by atoms with E-state index >= 15 is 0 Å². The van der Waals surface area contributed by atoms with E-state index in [1.54, 1.807) is 44.7 Å². The maximum atomic E-state index is 12.2. The highest BCUT2D eigenvalue weighted by Crippen LogP contribution is 2.18. The number of esters is 1. The van der Waals surface area contributed by atoms with Gasteiger partial charge in [0.05, 0.1) is 17.0 Å². The summed E-state index contributed by atoms with van der Waals surface area (Å²) in [5, 5.41) is 3.41. The number of ether oxygens (including phenoxy) is 1. The van der Waals surface area contributed by atoms with Crippen molar-refractivity contribution in [3.8, 4) is 0 Å². The summed E-state index contributed by atoms with van der Waals surface area (Å²) in [5.74, 6) is -1.13. The molecule has 2 amide bonds. The second-order valence-electron chi connectivity index (χ2n) is 5.57. The number of likely N-dealkylation sites (N-methyl/N-ethyl adjacent to an activating group) is 1. The number of amides is 2. The van der Waals surface area contributed by atoms with Crippen molar-refractivity contribution in [3.05, 3.63) is 42.2 Å². The van der Waals surface area contributed by atoms with Gasteiger partial charge in [0, 0.05) is 33.5 Å². The Morgan fingerprint density at radius 2 is 2.00 bits per heavy atom. The number of imidazole rings is 1. The van der Waals surface area contributed by atoms with Gasteiger partial charge in [-0.15, -0.1) is 0 Å². The third kappa shape index (κ3) is 5.35. The van der Waals surface area contributed by atoms with Crippen molar-refractivity contribution in [2.75, 3.05) is 31.8 Å². The summed E-state index contributed by atoms with van der Waals surface area (Å²) in [7, 11) is 4.99. The lowest BCUT2D eigenvalue weighted by Gasteiger charge is -2.12. The predicted octanol–water partition coefficient (Wildman–Crippen LogP) is 1.40. The van der Waals surface area contributed by atoms with Gasteiger partial charge < -0.3 is 19.5 Å². The molecule has 138 valence electrons. The number of aromatic nitrogens is 2. The van der Waals surface area contributed by atoms with Crippen molar-refractivity contribution in [1.29, 1.82) is 0 Å². The lowest BCUT2D eigenvalue weighted by Crippen LogP contribution is -2.27. The molecule has 1 aromatic heterocycles. The standard InChI is InChI=1S/C17H20N4O4S/c1-20(2)15(23)10-25-16(24)12-6-4-5-7-13(12)19-14(22)11-26-17-18-8-9-21(17)3/h4-9H,10-11H2,1-3H3,(H,19,22). The molecule has 8 nitrogen and oxygen atoms in total. The number of nitrogens with zero attached hydrogens (tertiary/aromatic N) is 3. The molecule has 1 N–H and O–H groups in total. The fourth-order valence-corrected chi connectivity index (χ4v) is 2.64. The lowest BCUT2D eigenvalue weighted by atomic mass is 10.2. The van der Waals surface area contributed by atoms with Crippen LogP contribution in [0.4, 0.5) is 5.69 Å². The van der Waals surface area contributed by atoms with Crippen LogP contribution >= 0.6 is 11.8 Å². The number of para-hydroxylation sites is 1. The van der Waals surface area contributed by atoms with Gasteiger partial charge in [-0.05, 0) is 12.1 Å². The first-order valence-electron chi connectivity index (χ1n) is 7.74. The third-order valence-electron chi connectivity index (χ3n) is 3.36. The minimum atomic E-state index is -0.673.